The standard InChI is InChI=1S/C14H18BrClN2O/c1-11-2-3-12(15)10-13(11)14(19)18-8-6-17(5-4-16)7-9-18/h2-3,10H,4-9H2,1H3. The molecule has 19 heavy (non-hydrogen) atoms. The van der Waals surface area contributed by atoms with Gasteiger partial charge in [-0.25, -0.2) is 0 Å². The zero-order valence-corrected chi connectivity index (χ0v) is 13.4. The molecule has 2 rings (SSSR count). The summed E-state index contributed by atoms with van der Waals surface area (Å²) in [5.41, 5.74) is 1.82. The molecule has 0 saturated carbocycles. The van der Waals surface area contributed by atoms with Gasteiger partial charge in [0, 0.05) is 48.6 Å². The van der Waals surface area contributed by atoms with Gasteiger partial charge >= 0.3 is 0 Å². The molecule has 1 aromatic rings. The van der Waals surface area contributed by atoms with Crippen molar-refractivity contribution in [2.75, 3.05) is 38.6 Å². The first-order valence-corrected chi connectivity index (χ1v) is 7.78. The molecule has 1 saturated heterocycles. The van der Waals surface area contributed by atoms with Crippen LogP contribution in [0.15, 0.2) is 22.7 Å². The molecule has 0 N–H and O–H groups in total. The van der Waals surface area contributed by atoms with Crippen molar-refractivity contribution in [2.24, 2.45) is 0 Å². The molecular weight excluding hydrogens is 328 g/mol. The fourth-order valence-corrected chi connectivity index (χ4v) is 2.89. The quantitative estimate of drug-likeness (QED) is 0.787. The maximum atomic E-state index is 12.5. The summed E-state index contributed by atoms with van der Waals surface area (Å²) in [5.74, 6) is 0.780. The normalized spacial score (nSPS) is 16.7. The second-order valence-electron chi connectivity index (χ2n) is 4.78. The fourth-order valence-electron chi connectivity index (χ4n) is 2.29. The molecule has 1 fully saturated rings. The van der Waals surface area contributed by atoms with Gasteiger partial charge in [0.05, 0.1) is 0 Å². The van der Waals surface area contributed by atoms with Crippen molar-refractivity contribution in [3.8, 4) is 0 Å². The minimum atomic E-state index is 0.129. The first kappa shape index (κ1) is 14.8. The minimum absolute atomic E-state index is 0.129. The van der Waals surface area contributed by atoms with Gasteiger partial charge in [-0.3, -0.25) is 9.69 Å². The number of benzene rings is 1. The zero-order valence-electron chi connectivity index (χ0n) is 11.0. The SMILES string of the molecule is Cc1ccc(Br)cc1C(=O)N1CCN(CCCl)CC1. The first-order valence-electron chi connectivity index (χ1n) is 6.45. The lowest BCUT2D eigenvalue weighted by molar-refractivity contribution is 0.0643. The lowest BCUT2D eigenvalue weighted by Gasteiger charge is -2.34. The van der Waals surface area contributed by atoms with Gasteiger partial charge in [-0.1, -0.05) is 22.0 Å². The van der Waals surface area contributed by atoms with Crippen molar-refractivity contribution in [1.29, 1.82) is 0 Å². The predicted molar refractivity (Wildman–Crippen MR) is 81.9 cm³/mol. The van der Waals surface area contributed by atoms with E-state index in [4.69, 9.17) is 11.6 Å². The Morgan fingerprint density at radius 1 is 1.32 bits per heavy atom. The van der Waals surface area contributed by atoms with E-state index in [0.29, 0.717) is 5.88 Å². The summed E-state index contributed by atoms with van der Waals surface area (Å²) >= 11 is 9.17. The Bertz CT molecular complexity index is 459. The second kappa shape index (κ2) is 6.73. The minimum Gasteiger partial charge on any atom is -0.336 e. The summed E-state index contributed by atoms with van der Waals surface area (Å²) in [4.78, 5) is 16.7. The van der Waals surface area contributed by atoms with Crippen LogP contribution in [0.3, 0.4) is 0 Å². The average Bonchev–Trinajstić information content (AvgIpc) is 2.42. The number of rotatable bonds is 3. The summed E-state index contributed by atoms with van der Waals surface area (Å²) in [6.45, 7) is 6.25. The molecule has 0 spiro atoms. The Morgan fingerprint density at radius 2 is 2.00 bits per heavy atom. The van der Waals surface area contributed by atoms with Crippen LogP contribution in [0.25, 0.3) is 0 Å². The van der Waals surface area contributed by atoms with Crippen molar-refractivity contribution in [3.63, 3.8) is 0 Å². The molecule has 5 heteroatoms. The molecule has 0 aromatic heterocycles. The van der Waals surface area contributed by atoms with Crippen LogP contribution in [-0.2, 0) is 0 Å². The third-order valence-corrected chi connectivity index (χ3v) is 4.15. The van der Waals surface area contributed by atoms with E-state index in [-0.39, 0.29) is 5.91 Å². The van der Waals surface area contributed by atoms with E-state index in [1.807, 2.05) is 30.0 Å². The highest BCUT2D eigenvalue weighted by atomic mass is 79.9. The topological polar surface area (TPSA) is 23.6 Å². The van der Waals surface area contributed by atoms with Gasteiger partial charge in [0.2, 0.25) is 0 Å². The number of aryl methyl sites for hydroxylation is 1. The Balaban J connectivity index is 2.03. The van der Waals surface area contributed by atoms with E-state index < -0.39 is 0 Å². The van der Waals surface area contributed by atoms with Gasteiger partial charge in [-0.05, 0) is 24.6 Å². The van der Waals surface area contributed by atoms with Crippen LogP contribution in [0.4, 0.5) is 0 Å². The first-order chi connectivity index (χ1) is 9.11. The van der Waals surface area contributed by atoms with E-state index in [1.165, 1.54) is 0 Å². The summed E-state index contributed by atoms with van der Waals surface area (Å²) in [5, 5.41) is 0. The third kappa shape index (κ3) is 3.71. The highest BCUT2D eigenvalue weighted by Gasteiger charge is 2.22. The van der Waals surface area contributed by atoms with Crippen LogP contribution in [0.1, 0.15) is 15.9 Å². The van der Waals surface area contributed by atoms with Crippen molar-refractivity contribution in [2.45, 2.75) is 6.92 Å². The van der Waals surface area contributed by atoms with Gasteiger partial charge in [-0.15, -0.1) is 11.6 Å². The van der Waals surface area contributed by atoms with Gasteiger partial charge in [0.15, 0.2) is 0 Å². The van der Waals surface area contributed by atoms with Gasteiger partial charge in [0.25, 0.3) is 5.91 Å². The molecule has 1 aliphatic rings. The molecule has 1 amide bonds. The Labute approximate surface area is 127 Å². The Kier molecular flexibility index (Phi) is 5.25. The van der Waals surface area contributed by atoms with Crippen LogP contribution in [0.5, 0.6) is 0 Å². The number of hydrogen-bond donors (Lipinski definition) is 0. The number of alkyl halides is 1. The second-order valence-corrected chi connectivity index (χ2v) is 6.08. The van der Waals surface area contributed by atoms with E-state index in [0.717, 1.165) is 48.3 Å². The third-order valence-electron chi connectivity index (χ3n) is 3.49. The van der Waals surface area contributed by atoms with Crippen LogP contribution >= 0.6 is 27.5 Å². The van der Waals surface area contributed by atoms with Gasteiger partial charge < -0.3 is 4.90 Å². The van der Waals surface area contributed by atoms with E-state index in [2.05, 4.69) is 20.8 Å². The molecule has 0 radical (unpaired) electrons. The highest BCUT2D eigenvalue weighted by molar-refractivity contribution is 9.10. The number of carbonyl (C=O) groups is 1. The molecule has 0 aliphatic carbocycles. The lowest BCUT2D eigenvalue weighted by Crippen LogP contribution is -2.49. The van der Waals surface area contributed by atoms with Gasteiger partial charge in [0.1, 0.15) is 0 Å². The number of hydrogen-bond acceptors (Lipinski definition) is 2. The molecule has 0 unspecified atom stereocenters. The van der Waals surface area contributed by atoms with Crippen LogP contribution in [0, 0.1) is 6.92 Å². The summed E-state index contributed by atoms with van der Waals surface area (Å²) < 4.78 is 0.947. The molecule has 1 aliphatic heterocycles. The van der Waals surface area contributed by atoms with E-state index in [1.54, 1.807) is 0 Å². The number of carbonyl (C=O) groups excluding carboxylic acids is 1. The zero-order chi connectivity index (χ0) is 13.8. The summed E-state index contributed by atoms with van der Waals surface area (Å²) in [7, 11) is 0. The number of nitrogens with zero attached hydrogens (tertiary/aromatic N) is 2. The summed E-state index contributed by atoms with van der Waals surface area (Å²) in [6.07, 6.45) is 0. The van der Waals surface area contributed by atoms with Crippen LogP contribution in [0.2, 0.25) is 0 Å². The fraction of sp³-hybridized carbons (Fsp3) is 0.500. The largest absolute Gasteiger partial charge is 0.336 e. The maximum Gasteiger partial charge on any atom is 0.254 e. The maximum absolute atomic E-state index is 12.5. The van der Waals surface area contributed by atoms with Crippen LogP contribution < -0.4 is 0 Å². The average molecular weight is 346 g/mol. The van der Waals surface area contributed by atoms with Gasteiger partial charge in [-0.2, -0.15) is 0 Å². The van der Waals surface area contributed by atoms with E-state index >= 15 is 0 Å². The molecule has 3 nitrogen and oxygen atoms in total. The summed E-state index contributed by atoms with van der Waals surface area (Å²) in [6, 6.07) is 5.84. The molecule has 1 aromatic carbocycles. The molecule has 0 atom stereocenters. The Hall–Kier alpha value is -0.580. The molecule has 104 valence electrons. The Morgan fingerprint density at radius 3 is 2.63 bits per heavy atom. The van der Waals surface area contributed by atoms with Crippen LogP contribution in [-0.4, -0.2) is 54.3 Å². The molecule has 1 heterocycles. The number of piperazine rings is 1. The number of halogens is 2. The van der Waals surface area contributed by atoms with Crippen molar-refractivity contribution >= 4 is 33.4 Å². The smallest absolute Gasteiger partial charge is 0.254 e. The van der Waals surface area contributed by atoms with E-state index in [9.17, 15) is 4.79 Å². The van der Waals surface area contributed by atoms with Crippen molar-refractivity contribution < 1.29 is 4.79 Å². The van der Waals surface area contributed by atoms with Crippen molar-refractivity contribution in [3.05, 3.63) is 33.8 Å². The van der Waals surface area contributed by atoms with Crippen molar-refractivity contribution in [1.82, 2.24) is 9.80 Å². The highest BCUT2D eigenvalue weighted by Crippen LogP contribution is 2.18. The predicted octanol–water partition coefficient (Wildman–Crippen LogP) is 2.75. The lowest BCUT2D eigenvalue weighted by atomic mass is 10.1. The number of amides is 1. The molecule has 0 bridgehead atoms. The molecular formula is C14H18BrClN2O. The monoisotopic (exact) mass is 344 g/mol.